The van der Waals surface area contributed by atoms with Gasteiger partial charge in [-0.2, -0.15) is 0 Å². The van der Waals surface area contributed by atoms with Crippen molar-refractivity contribution in [1.29, 1.82) is 0 Å². The standard InChI is InChI=1S/C17H27N5O2/c1-5-9-19(10-6-2)13-21-15-22(17(24)18-16(21)23)14-20(11-7-3)12-8-4/h5-8H,1-4,9-15H2,(H,18,23,24). The normalized spacial score (nSPS) is 14.8. The molecular weight excluding hydrogens is 306 g/mol. The van der Waals surface area contributed by atoms with E-state index in [9.17, 15) is 9.59 Å². The summed E-state index contributed by atoms with van der Waals surface area (Å²) in [5.41, 5.74) is 0. The molecule has 0 atom stereocenters. The van der Waals surface area contributed by atoms with Crippen molar-refractivity contribution in [3.8, 4) is 0 Å². The maximum atomic E-state index is 12.1. The Kier molecular flexibility index (Phi) is 8.53. The monoisotopic (exact) mass is 333 g/mol. The molecule has 0 aliphatic carbocycles. The lowest BCUT2D eigenvalue weighted by Crippen LogP contribution is -2.62. The van der Waals surface area contributed by atoms with Crippen LogP contribution < -0.4 is 5.32 Å². The molecule has 0 unspecified atom stereocenters. The maximum absolute atomic E-state index is 12.1. The second-order valence-corrected chi connectivity index (χ2v) is 5.47. The molecule has 0 aromatic heterocycles. The highest BCUT2D eigenvalue weighted by molar-refractivity contribution is 5.95. The maximum Gasteiger partial charge on any atom is 0.327 e. The number of nitrogens with one attached hydrogen (secondary N) is 1. The number of hydrogen-bond acceptors (Lipinski definition) is 4. The van der Waals surface area contributed by atoms with Gasteiger partial charge in [-0.1, -0.05) is 24.3 Å². The number of amides is 4. The van der Waals surface area contributed by atoms with Gasteiger partial charge in [-0.05, 0) is 0 Å². The minimum Gasteiger partial charge on any atom is -0.293 e. The summed E-state index contributed by atoms with van der Waals surface area (Å²) in [5.74, 6) is 0. The highest BCUT2D eigenvalue weighted by Crippen LogP contribution is 2.07. The van der Waals surface area contributed by atoms with Crippen molar-refractivity contribution in [1.82, 2.24) is 24.9 Å². The lowest BCUT2D eigenvalue weighted by atomic mass is 10.4. The lowest BCUT2D eigenvalue weighted by molar-refractivity contribution is 0.0677. The van der Waals surface area contributed by atoms with E-state index in [1.54, 1.807) is 34.1 Å². The van der Waals surface area contributed by atoms with Crippen LogP contribution in [0.25, 0.3) is 0 Å². The Labute approximate surface area is 144 Å². The first-order chi connectivity index (χ1) is 11.5. The Morgan fingerprint density at radius 3 is 1.42 bits per heavy atom. The van der Waals surface area contributed by atoms with Crippen molar-refractivity contribution in [2.75, 3.05) is 46.2 Å². The largest absolute Gasteiger partial charge is 0.327 e. The van der Waals surface area contributed by atoms with E-state index in [1.165, 1.54) is 0 Å². The summed E-state index contributed by atoms with van der Waals surface area (Å²) in [6.45, 7) is 18.4. The summed E-state index contributed by atoms with van der Waals surface area (Å²) in [6, 6.07) is -0.790. The van der Waals surface area contributed by atoms with Crippen LogP contribution in [0, 0.1) is 0 Å². The smallest absolute Gasteiger partial charge is 0.293 e. The summed E-state index contributed by atoms with van der Waals surface area (Å²) in [5, 5.41) is 2.38. The van der Waals surface area contributed by atoms with Gasteiger partial charge in [0.15, 0.2) is 0 Å². The Balaban J connectivity index is 2.74. The van der Waals surface area contributed by atoms with Gasteiger partial charge in [-0.3, -0.25) is 24.9 Å². The number of carbonyl (C=O) groups excluding carboxylic acids is 2. The Morgan fingerprint density at radius 2 is 1.12 bits per heavy atom. The molecule has 1 rings (SSSR count). The molecule has 1 saturated heterocycles. The van der Waals surface area contributed by atoms with Gasteiger partial charge >= 0.3 is 12.1 Å². The van der Waals surface area contributed by atoms with Crippen LogP contribution >= 0.6 is 0 Å². The predicted octanol–water partition coefficient (Wildman–Crippen LogP) is 1.65. The van der Waals surface area contributed by atoms with E-state index in [2.05, 4.69) is 31.6 Å². The molecule has 1 heterocycles. The minimum atomic E-state index is -0.395. The van der Waals surface area contributed by atoms with Crippen LogP contribution in [-0.2, 0) is 0 Å². The number of imide groups is 1. The molecule has 1 fully saturated rings. The highest BCUT2D eigenvalue weighted by Gasteiger charge is 2.30. The van der Waals surface area contributed by atoms with Gasteiger partial charge in [0, 0.05) is 26.2 Å². The van der Waals surface area contributed by atoms with E-state index in [4.69, 9.17) is 0 Å². The van der Waals surface area contributed by atoms with Crippen molar-refractivity contribution in [2.45, 2.75) is 0 Å². The third-order valence-electron chi connectivity index (χ3n) is 3.42. The third-order valence-corrected chi connectivity index (χ3v) is 3.42. The number of carbonyl (C=O) groups is 2. The number of rotatable bonds is 12. The van der Waals surface area contributed by atoms with Gasteiger partial charge in [0.2, 0.25) is 0 Å². The predicted molar refractivity (Wildman–Crippen MR) is 96.1 cm³/mol. The molecule has 0 bridgehead atoms. The van der Waals surface area contributed by atoms with Crippen molar-refractivity contribution < 1.29 is 9.59 Å². The van der Waals surface area contributed by atoms with Crippen LogP contribution in [0.1, 0.15) is 0 Å². The van der Waals surface area contributed by atoms with E-state index in [1.807, 2.05) is 9.80 Å². The van der Waals surface area contributed by atoms with Crippen LogP contribution in [0.5, 0.6) is 0 Å². The highest BCUT2D eigenvalue weighted by atomic mass is 16.2. The van der Waals surface area contributed by atoms with Gasteiger partial charge in [0.25, 0.3) is 0 Å². The average molecular weight is 333 g/mol. The molecule has 24 heavy (non-hydrogen) atoms. The summed E-state index contributed by atoms with van der Waals surface area (Å²) in [7, 11) is 0. The zero-order chi connectivity index (χ0) is 17.9. The first-order valence-corrected chi connectivity index (χ1v) is 7.78. The number of hydrogen-bond donors (Lipinski definition) is 1. The van der Waals surface area contributed by atoms with Gasteiger partial charge in [-0.25, -0.2) is 9.59 Å². The Hall–Kier alpha value is -2.38. The van der Waals surface area contributed by atoms with Crippen molar-refractivity contribution >= 4 is 12.1 Å². The molecule has 7 nitrogen and oxygen atoms in total. The SMILES string of the molecule is C=CCN(CC=C)CN1CN(CN(CC=C)CC=C)C(=O)NC1=O. The third kappa shape index (κ3) is 6.02. The van der Waals surface area contributed by atoms with Crippen molar-refractivity contribution in [3.05, 3.63) is 50.6 Å². The quantitative estimate of drug-likeness (QED) is 0.552. The van der Waals surface area contributed by atoms with Gasteiger partial charge < -0.3 is 0 Å². The summed E-state index contributed by atoms with van der Waals surface area (Å²) < 4.78 is 0. The zero-order valence-corrected chi connectivity index (χ0v) is 14.2. The van der Waals surface area contributed by atoms with E-state index in [-0.39, 0.29) is 6.67 Å². The Morgan fingerprint density at radius 1 is 0.792 bits per heavy atom. The topological polar surface area (TPSA) is 59.1 Å². The molecule has 1 aliphatic rings. The molecule has 7 heteroatoms. The fourth-order valence-electron chi connectivity index (χ4n) is 2.40. The van der Waals surface area contributed by atoms with E-state index in [0.717, 1.165) is 0 Å². The van der Waals surface area contributed by atoms with E-state index in [0.29, 0.717) is 39.5 Å². The summed E-state index contributed by atoms with van der Waals surface area (Å²) >= 11 is 0. The molecule has 0 aromatic carbocycles. The lowest BCUT2D eigenvalue weighted by Gasteiger charge is -2.39. The molecule has 1 aliphatic heterocycles. The second kappa shape index (κ2) is 10.4. The fourth-order valence-corrected chi connectivity index (χ4v) is 2.40. The minimum absolute atomic E-state index is 0.222. The van der Waals surface area contributed by atoms with Crippen LogP contribution in [0.15, 0.2) is 50.6 Å². The van der Waals surface area contributed by atoms with Crippen molar-refractivity contribution in [2.24, 2.45) is 0 Å². The fraction of sp³-hybridized carbons (Fsp3) is 0.412. The summed E-state index contributed by atoms with van der Waals surface area (Å²) in [6.07, 6.45) is 7.07. The van der Waals surface area contributed by atoms with Crippen LogP contribution in [0.2, 0.25) is 0 Å². The van der Waals surface area contributed by atoms with E-state index >= 15 is 0 Å². The number of urea groups is 2. The summed E-state index contributed by atoms with van der Waals surface area (Å²) in [4.78, 5) is 31.3. The molecule has 4 amide bonds. The van der Waals surface area contributed by atoms with Crippen molar-refractivity contribution in [3.63, 3.8) is 0 Å². The number of nitrogens with zero attached hydrogens (tertiary/aromatic N) is 4. The van der Waals surface area contributed by atoms with Crippen LogP contribution in [-0.4, -0.2) is 77.8 Å². The van der Waals surface area contributed by atoms with Gasteiger partial charge in [0.05, 0.1) is 13.3 Å². The van der Waals surface area contributed by atoms with Crippen LogP contribution in [0.4, 0.5) is 9.59 Å². The zero-order valence-electron chi connectivity index (χ0n) is 14.2. The molecule has 132 valence electrons. The molecule has 1 N–H and O–H groups in total. The molecule has 0 radical (unpaired) electrons. The first kappa shape index (κ1) is 19.7. The molecule has 0 spiro atoms. The van der Waals surface area contributed by atoms with Gasteiger partial charge in [-0.15, -0.1) is 26.3 Å². The Bertz CT molecular complexity index is 429. The van der Waals surface area contributed by atoms with E-state index < -0.39 is 12.1 Å². The molecule has 0 saturated carbocycles. The second-order valence-electron chi connectivity index (χ2n) is 5.47. The first-order valence-electron chi connectivity index (χ1n) is 7.78. The average Bonchev–Trinajstić information content (AvgIpc) is 2.53. The van der Waals surface area contributed by atoms with Gasteiger partial charge in [0.1, 0.15) is 6.67 Å². The molecular formula is C17H27N5O2. The van der Waals surface area contributed by atoms with Crippen LogP contribution in [0.3, 0.4) is 0 Å². The molecule has 0 aromatic rings.